The molecule has 1 aliphatic rings. The van der Waals surface area contributed by atoms with Gasteiger partial charge in [-0.3, -0.25) is 0 Å². The van der Waals surface area contributed by atoms with E-state index < -0.39 is 24.8 Å². The maximum Gasteiger partial charge on any atom is 0.0573 e. The summed E-state index contributed by atoms with van der Waals surface area (Å²) in [5.41, 5.74) is 0. The summed E-state index contributed by atoms with van der Waals surface area (Å²) in [5, 5.41) is 0. The number of allylic oxidation sites excluding steroid dienone is 2. The van der Waals surface area contributed by atoms with Crippen molar-refractivity contribution in [2.75, 3.05) is 0 Å². The van der Waals surface area contributed by atoms with Gasteiger partial charge in [-0.2, -0.15) is 0 Å². The van der Waals surface area contributed by atoms with Gasteiger partial charge in [-0.1, -0.05) is 12.1 Å². The molecule has 0 fully saturated rings. The minimum atomic E-state index is -2.26. The second-order valence-electron chi connectivity index (χ2n) is 0.500. The zero-order valence-corrected chi connectivity index (χ0v) is 2.00. The van der Waals surface area contributed by atoms with Gasteiger partial charge >= 0.3 is 0 Å². The Balaban J connectivity index is 3.10. The highest BCUT2D eigenvalue weighted by Gasteiger charge is 1.81. The lowest BCUT2D eigenvalue weighted by Crippen LogP contribution is -1.71. The summed E-state index contributed by atoms with van der Waals surface area (Å²) in [6.07, 6.45) is -4.52. The van der Waals surface area contributed by atoms with Crippen LogP contribution in [0.5, 0.6) is 0 Å². The van der Waals surface area contributed by atoms with Crippen molar-refractivity contribution >= 4 is 0 Å². The van der Waals surface area contributed by atoms with Crippen LogP contribution >= 0.6 is 0 Å². The minimum absolute atomic E-state index is 0.544. The molecule has 0 aromatic heterocycles. The monoisotopic (exact) mass is 60.1 g/mol. The lowest BCUT2D eigenvalue weighted by molar-refractivity contribution is 0.962. The Morgan fingerprint density at radius 3 is 2.50 bits per heavy atom. The summed E-state index contributed by atoms with van der Waals surface area (Å²) >= 11 is 0. The molecule has 0 radical (unpaired) electrons. The lowest BCUT2D eigenvalue weighted by Gasteiger charge is -1.92. The summed E-state index contributed by atoms with van der Waals surface area (Å²) in [7, 11) is 0. The fourth-order valence-corrected chi connectivity index (χ4v) is 0.0625. The Bertz CT molecular complexity index is 180. The zero-order chi connectivity index (χ0) is 8.15. The first-order valence-corrected chi connectivity index (χ1v) is 1.00. The van der Waals surface area contributed by atoms with Crippen LogP contribution in [0.3, 0.4) is 0 Å². The molecule has 0 bridgehead atoms. The molecule has 0 aliphatic heterocycles. The average molecular weight is 60.1 g/mol. The van der Waals surface area contributed by atoms with Gasteiger partial charge in [0.1, 0.15) is 0 Å². The molecule has 0 heterocycles. The van der Waals surface area contributed by atoms with Crippen molar-refractivity contribution in [3.63, 3.8) is 0 Å². The summed E-state index contributed by atoms with van der Waals surface area (Å²) in [5.74, 6) is 0. The fraction of sp³-hybridized carbons (Fsp3) is 0.500. The second-order valence-corrected chi connectivity index (χ2v) is 0.500. The second kappa shape index (κ2) is 0.593. The molecule has 0 nitrogen and oxygen atoms in total. The summed E-state index contributed by atoms with van der Waals surface area (Å²) < 4.78 is 41.4. The van der Waals surface area contributed by atoms with E-state index in [-0.39, 0.29) is 0 Å². The van der Waals surface area contributed by atoms with Crippen molar-refractivity contribution in [2.24, 2.45) is 0 Å². The molecule has 0 saturated heterocycles. The molecular weight excluding hydrogens is 48.0 g/mol. The Morgan fingerprint density at radius 1 is 1.75 bits per heavy atom. The molecule has 0 heteroatoms. The molecule has 0 N–H and O–H groups in total. The van der Waals surface area contributed by atoms with Gasteiger partial charge in [0.25, 0.3) is 0 Å². The molecule has 1 aliphatic carbocycles. The molecule has 4 heavy (non-hydrogen) atoms. The standard InChI is InChI=1S/C4H6/c1-2-4-3-1/h1-2H,3-4H2/i1D,2D,3D2,4D2. The van der Waals surface area contributed by atoms with E-state index in [0.717, 1.165) is 0 Å². The summed E-state index contributed by atoms with van der Waals surface area (Å²) in [6.45, 7) is 0. The van der Waals surface area contributed by atoms with Crippen molar-refractivity contribution in [1.29, 1.82) is 0 Å². The first-order valence-electron chi connectivity index (χ1n) is 4.00. The van der Waals surface area contributed by atoms with Crippen molar-refractivity contribution in [1.82, 2.24) is 0 Å². The van der Waals surface area contributed by atoms with E-state index in [2.05, 4.69) is 0 Å². The SMILES string of the molecule is [2H]C1=C([2H])C([2H])([2H])C1([2H])[2H]. The molecule has 0 spiro atoms. The smallest absolute Gasteiger partial charge is 0.0573 e. The van der Waals surface area contributed by atoms with Gasteiger partial charge in [-0.25, -0.2) is 0 Å². The first-order chi connectivity index (χ1) is 4.32. The molecule has 0 saturated carbocycles. The normalized spacial score (nSPS) is 72.0. The van der Waals surface area contributed by atoms with Crippen molar-refractivity contribution in [2.45, 2.75) is 12.7 Å². The van der Waals surface area contributed by atoms with Crippen LogP contribution in [0.1, 0.15) is 21.0 Å². The van der Waals surface area contributed by atoms with Gasteiger partial charge in [-0.05, 0) is 12.7 Å². The zero-order valence-electron chi connectivity index (χ0n) is 8.00. The molecular formula is C4H6. The van der Waals surface area contributed by atoms with Crippen molar-refractivity contribution in [3.8, 4) is 0 Å². The van der Waals surface area contributed by atoms with Gasteiger partial charge in [0.05, 0.1) is 2.74 Å². The maximum absolute atomic E-state index is 6.93. The predicted octanol–water partition coefficient (Wildman–Crippen LogP) is 1.34. The van der Waals surface area contributed by atoms with Crippen LogP contribution < -0.4 is 0 Å². The first kappa shape index (κ1) is 0.296. The van der Waals surface area contributed by atoms with Gasteiger partial charge < -0.3 is 0 Å². The quantitative estimate of drug-likeness (QED) is 0.370. The van der Waals surface area contributed by atoms with Crippen LogP contribution in [0.25, 0.3) is 0 Å². The highest BCUT2D eigenvalue weighted by atomic mass is 13.9. The van der Waals surface area contributed by atoms with E-state index in [0.29, 0.717) is 0 Å². The maximum atomic E-state index is 6.93. The van der Waals surface area contributed by atoms with E-state index in [1.54, 1.807) is 0 Å². The van der Waals surface area contributed by atoms with E-state index in [1.165, 1.54) is 0 Å². The van der Waals surface area contributed by atoms with Gasteiger partial charge in [0.15, 0.2) is 0 Å². The fourth-order valence-electron chi connectivity index (χ4n) is 0.0625. The third kappa shape index (κ3) is 0.0681. The van der Waals surface area contributed by atoms with Crippen LogP contribution in [0.2, 0.25) is 0 Å². The average Bonchev–Trinajstić information content (AvgIpc) is 1.84. The highest BCUT2D eigenvalue weighted by molar-refractivity contribution is 4.92. The highest BCUT2D eigenvalue weighted by Crippen LogP contribution is 2.01. The lowest BCUT2D eigenvalue weighted by atomic mass is 10.1. The summed E-state index contributed by atoms with van der Waals surface area (Å²) in [6, 6.07) is -1.09. The van der Waals surface area contributed by atoms with Crippen LogP contribution in [0.4, 0.5) is 0 Å². The Morgan fingerprint density at radius 2 is 2.25 bits per heavy atom. The Kier molecular flexibility index (Phi) is 0.0439. The minimum Gasteiger partial charge on any atom is -0.0882 e. The van der Waals surface area contributed by atoms with Crippen LogP contribution in [-0.4, -0.2) is 0 Å². The van der Waals surface area contributed by atoms with Crippen molar-refractivity contribution in [3.05, 3.63) is 12.1 Å². The van der Waals surface area contributed by atoms with E-state index >= 15 is 0 Å². The molecule has 0 unspecified atom stereocenters. The van der Waals surface area contributed by atoms with Crippen molar-refractivity contribution < 1.29 is 8.22 Å². The van der Waals surface area contributed by atoms with Crippen LogP contribution in [0, 0.1) is 0 Å². The number of hydrogen-bond acceptors (Lipinski definition) is 0. The topological polar surface area (TPSA) is 0 Å². The molecule has 0 aromatic carbocycles. The van der Waals surface area contributed by atoms with Crippen LogP contribution in [0.15, 0.2) is 12.1 Å². The summed E-state index contributed by atoms with van der Waals surface area (Å²) in [4.78, 5) is 0. The molecule has 0 aromatic rings. The molecule has 1 rings (SSSR count). The van der Waals surface area contributed by atoms with Gasteiger partial charge in [0, 0.05) is 5.48 Å². The van der Waals surface area contributed by atoms with Gasteiger partial charge in [0.2, 0.25) is 0 Å². The van der Waals surface area contributed by atoms with E-state index in [1.807, 2.05) is 0 Å². The van der Waals surface area contributed by atoms with Crippen LogP contribution in [-0.2, 0) is 0 Å². The Hall–Kier alpha value is -0.260. The number of hydrogen-bond donors (Lipinski definition) is 0. The molecule has 22 valence electrons. The van der Waals surface area contributed by atoms with Gasteiger partial charge in [-0.15, -0.1) is 0 Å². The number of rotatable bonds is 0. The molecule has 0 atom stereocenters. The predicted molar refractivity (Wildman–Crippen MR) is 18.4 cm³/mol. The Labute approximate surface area is 34.6 Å². The third-order valence-corrected chi connectivity index (χ3v) is 0.250. The van der Waals surface area contributed by atoms with E-state index in [9.17, 15) is 0 Å². The van der Waals surface area contributed by atoms with E-state index in [4.69, 9.17) is 8.22 Å². The molecule has 0 amide bonds. The largest absolute Gasteiger partial charge is 0.0882 e. The third-order valence-electron chi connectivity index (χ3n) is 0.250.